The van der Waals surface area contributed by atoms with Crippen molar-refractivity contribution in [3.63, 3.8) is 0 Å². The number of hydrogen-bond acceptors (Lipinski definition) is 3. The Balaban J connectivity index is 0. The predicted molar refractivity (Wildman–Crippen MR) is 89.3 cm³/mol. The number of hydrogen-bond donors (Lipinski definition) is 2. The Morgan fingerprint density at radius 1 is 0.773 bits per heavy atom. The van der Waals surface area contributed by atoms with Gasteiger partial charge in [-0.1, -0.05) is 66.2 Å². The van der Waals surface area contributed by atoms with Gasteiger partial charge in [0.05, 0.1) is 12.2 Å². The summed E-state index contributed by atoms with van der Waals surface area (Å²) in [4.78, 5) is 19.8. The molecule has 0 aliphatic carbocycles. The Bertz CT molecular complexity index is 211. The van der Waals surface area contributed by atoms with Gasteiger partial charge in [0, 0.05) is 0 Å². The highest BCUT2D eigenvalue weighted by atomic mass is 17.2. The molecule has 0 amide bonds. The average molecular weight is 320 g/mol. The van der Waals surface area contributed by atoms with E-state index in [9.17, 15) is 0 Å². The van der Waals surface area contributed by atoms with E-state index < -0.39 is 6.16 Å². The van der Waals surface area contributed by atoms with Crippen LogP contribution in [0.15, 0.2) is 0 Å². The predicted octanol–water partition coefficient (Wildman–Crippen LogP) is 5.87. The molecule has 0 fully saturated rings. The zero-order chi connectivity index (χ0) is 17.2. The van der Waals surface area contributed by atoms with E-state index in [4.69, 9.17) is 24.8 Å². The molecule has 0 aliphatic heterocycles. The molecule has 0 radical (unpaired) electrons. The lowest BCUT2D eigenvalue weighted by Gasteiger charge is -2.20. The van der Waals surface area contributed by atoms with E-state index in [1.54, 1.807) is 0 Å². The standard InChI is InChI=1S/C16H34O2.CH2O3/c1-5-9-11-13-15(7-3)17-18-16(8-4)14-12-10-6-2;2-1(3)4/h15-16H,5-14H2,1-4H3;(H2,2,3,4). The van der Waals surface area contributed by atoms with Crippen LogP contribution in [-0.2, 0) is 9.78 Å². The summed E-state index contributed by atoms with van der Waals surface area (Å²) in [6.07, 6.45) is 10.8. The zero-order valence-corrected chi connectivity index (χ0v) is 14.8. The van der Waals surface area contributed by atoms with E-state index in [0.717, 1.165) is 25.7 Å². The molecule has 22 heavy (non-hydrogen) atoms. The van der Waals surface area contributed by atoms with Gasteiger partial charge in [-0.2, -0.15) is 0 Å². The van der Waals surface area contributed by atoms with Crippen LogP contribution in [0, 0.1) is 0 Å². The third-order valence-electron chi connectivity index (χ3n) is 3.50. The average Bonchev–Trinajstić information content (AvgIpc) is 2.48. The Kier molecular flexibility index (Phi) is 19.4. The second-order valence-electron chi connectivity index (χ2n) is 5.53. The first-order valence-corrected chi connectivity index (χ1v) is 8.75. The van der Waals surface area contributed by atoms with Gasteiger partial charge in [-0.25, -0.2) is 14.6 Å². The second-order valence-corrected chi connectivity index (χ2v) is 5.53. The quantitative estimate of drug-likeness (QED) is 0.252. The van der Waals surface area contributed by atoms with Gasteiger partial charge in [-0.05, 0) is 25.7 Å². The van der Waals surface area contributed by atoms with E-state index in [-0.39, 0.29) is 12.2 Å². The van der Waals surface area contributed by atoms with Crippen LogP contribution in [-0.4, -0.2) is 28.6 Å². The lowest BCUT2D eigenvalue weighted by molar-refractivity contribution is -0.353. The van der Waals surface area contributed by atoms with Crippen LogP contribution in [0.2, 0.25) is 0 Å². The Labute approximate surface area is 135 Å². The van der Waals surface area contributed by atoms with Crippen molar-refractivity contribution in [1.29, 1.82) is 0 Å². The Hall–Kier alpha value is -0.810. The van der Waals surface area contributed by atoms with E-state index in [0.29, 0.717) is 0 Å². The van der Waals surface area contributed by atoms with Gasteiger partial charge >= 0.3 is 6.16 Å². The number of carbonyl (C=O) groups is 1. The minimum atomic E-state index is -1.83. The maximum absolute atomic E-state index is 8.56. The molecule has 2 N–H and O–H groups in total. The molecule has 0 aliphatic rings. The molecular weight excluding hydrogens is 284 g/mol. The van der Waals surface area contributed by atoms with Crippen LogP contribution in [0.3, 0.4) is 0 Å². The molecule has 0 spiro atoms. The number of carboxylic acid groups (broad SMARTS) is 2. The third kappa shape index (κ3) is 19.2. The topological polar surface area (TPSA) is 76.0 Å². The van der Waals surface area contributed by atoms with Gasteiger partial charge in [0.2, 0.25) is 0 Å². The molecule has 0 aromatic carbocycles. The first-order chi connectivity index (χ1) is 10.5. The van der Waals surface area contributed by atoms with Crippen LogP contribution >= 0.6 is 0 Å². The molecule has 0 bridgehead atoms. The summed E-state index contributed by atoms with van der Waals surface area (Å²) < 4.78 is 0. The van der Waals surface area contributed by atoms with E-state index in [2.05, 4.69) is 27.7 Å². The van der Waals surface area contributed by atoms with Crippen molar-refractivity contribution >= 4 is 6.16 Å². The minimum Gasteiger partial charge on any atom is -0.450 e. The summed E-state index contributed by atoms with van der Waals surface area (Å²) in [5.74, 6) is 0. The molecule has 2 atom stereocenters. The Morgan fingerprint density at radius 2 is 1.09 bits per heavy atom. The van der Waals surface area contributed by atoms with E-state index in [1.165, 1.54) is 38.5 Å². The smallest absolute Gasteiger partial charge is 0.450 e. The fourth-order valence-corrected chi connectivity index (χ4v) is 2.04. The van der Waals surface area contributed by atoms with Crippen molar-refractivity contribution in [1.82, 2.24) is 0 Å². The molecule has 0 saturated heterocycles. The highest BCUT2D eigenvalue weighted by molar-refractivity contribution is 5.53. The fourth-order valence-electron chi connectivity index (χ4n) is 2.04. The highest BCUT2D eigenvalue weighted by Crippen LogP contribution is 2.15. The fraction of sp³-hybridized carbons (Fsp3) is 0.941. The molecule has 0 rings (SSSR count). The normalized spacial score (nSPS) is 13.1. The van der Waals surface area contributed by atoms with Crippen LogP contribution < -0.4 is 0 Å². The lowest BCUT2D eigenvalue weighted by Crippen LogP contribution is -2.19. The zero-order valence-electron chi connectivity index (χ0n) is 14.8. The summed E-state index contributed by atoms with van der Waals surface area (Å²) in [7, 11) is 0. The molecule has 5 heteroatoms. The molecule has 0 saturated carbocycles. The number of rotatable bonds is 13. The first kappa shape index (κ1) is 23.5. The van der Waals surface area contributed by atoms with Gasteiger partial charge in [-0.15, -0.1) is 0 Å². The Morgan fingerprint density at radius 3 is 1.32 bits per heavy atom. The van der Waals surface area contributed by atoms with Crippen LogP contribution in [0.1, 0.15) is 91.9 Å². The third-order valence-corrected chi connectivity index (χ3v) is 3.50. The van der Waals surface area contributed by atoms with Crippen LogP contribution in [0.5, 0.6) is 0 Å². The summed E-state index contributed by atoms with van der Waals surface area (Å²) in [6, 6.07) is 0. The van der Waals surface area contributed by atoms with Gasteiger partial charge in [0.15, 0.2) is 0 Å². The van der Waals surface area contributed by atoms with Gasteiger partial charge in [0.1, 0.15) is 0 Å². The summed E-state index contributed by atoms with van der Waals surface area (Å²) in [5.41, 5.74) is 0. The van der Waals surface area contributed by atoms with Crippen molar-refractivity contribution in [2.75, 3.05) is 0 Å². The molecule has 0 aromatic heterocycles. The van der Waals surface area contributed by atoms with Gasteiger partial charge in [-0.3, -0.25) is 0 Å². The molecular formula is C17H36O5. The molecule has 2 unspecified atom stereocenters. The maximum Gasteiger partial charge on any atom is 0.503 e. The molecule has 5 nitrogen and oxygen atoms in total. The maximum atomic E-state index is 8.56. The highest BCUT2D eigenvalue weighted by Gasteiger charge is 2.12. The van der Waals surface area contributed by atoms with E-state index in [1.807, 2.05) is 0 Å². The summed E-state index contributed by atoms with van der Waals surface area (Å²) >= 11 is 0. The molecule has 0 heterocycles. The minimum absolute atomic E-state index is 0.289. The molecule has 134 valence electrons. The van der Waals surface area contributed by atoms with Gasteiger partial charge < -0.3 is 10.2 Å². The first-order valence-electron chi connectivity index (χ1n) is 8.75. The van der Waals surface area contributed by atoms with Gasteiger partial charge in [0.25, 0.3) is 0 Å². The summed E-state index contributed by atoms with van der Waals surface area (Å²) in [5, 5.41) is 13.9. The van der Waals surface area contributed by atoms with Crippen LogP contribution in [0.25, 0.3) is 0 Å². The summed E-state index contributed by atoms with van der Waals surface area (Å²) in [6.45, 7) is 8.83. The van der Waals surface area contributed by atoms with Crippen molar-refractivity contribution in [2.45, 2.75) is 104 Å². The second kappa shape index (κ2) is 18.2. The van der Waals surface area contributed by atoms with E-state index >= 15 is 0 Å². The number of unbranched alkanes of at least 4 members (excludes halogenated alkanes) is 4. The van der Waals surface area contributed by atoms with Crippen molar-refractivity contribution in [3.8, 4) is 0 Å². The van der Waals surface area contributed by atoms with Crippen molar-refractivity contribution in [3.05, 3.63) is 0 Å². The SMILES string of the molecule is CCCCCC(CC)OOC(CC)CCCCC.O=C(O)O. The monoisotopic (exact) mass is 320 g/mol. The molecule has 0 aromatic rings. The van der Waals surface area contributed by atoms with Crippen molar-refractivity contribution < 1.29 is 24.8 Å². The van der Waals surface area contributed by atoms with Crippen LogP contribution in [0.4, 0.5) is 4.79 Å². The lowest BCUT2D eigenvalue weighted by atomic mass is 10.1. The van der Waals surface area contributed by atoms with Crippen molar-refractivity contribution in [2.24, 2.45) is 0 Å². The largest absolute Gasteiger partial charge is 0.503 e.